The Morgan fingerprint density at radius 3 is 2.29 bits per heavy atom. The lowest BCUT2D eigenvalue weighted by atomic mass is 10.3. The average molecular weight is 96.1 g/mol. The van der Waals surface area contributed by atoms with Crippen LogP contribution in [-0.2, 0) is 0 Å². The number of hydrogen-bond acceptors (Lipinski definition) is 2. The van der Waals surface area contributed by atoms with Crippen molar-refractivity contribution in [3.05, 3.63) is 24.4 Å². The largest absolute Gasteiger partial charge is 0.404 e. The first-order chi connectivity index (χ1) is 3.35. The number of hydrogen-bond donors (Lipinski definition) is 2. The number of rotatable bonds is 2. The monoisotopic (exact) mass is 96.1 g/mol. The van der Waals surface area contributed by atoms with Crippen molar-refractivity contribution in [2.75, 3.05) is 0 Å². The summed E-state index contributed by atoms with van der Waals surface area (Å²) in [5, 5.41) is 6.62. The minimum atomic E-state index is 0.639. The van der Waals surface area contributed by atoms with Crippen LogP contribution in [0.4, 0.5) is 0 Å². The molecular formula is C5H8N2. The van der Waals surface area contributed by atoms with Gasteiger partial charge in [0.2, 0.25) is 0 Å². The second kappa shape index (κ2) is 3.15. The first-order valence-corrected chi connectivity index (χ1v) is 1.90. The van der Waals surface area contributed by atoms with Crippen LogP contribution in [-0.4, -0.2) is 6.21 Å². The fourth-order valence-corrected chi connectivity index (χ4v) is 0.175. The van der Waals surface area contributed by atoms with Crippen molar-refractivity contribution >= 4 is 6.21 Å². The number of nitrogens with one attached hydrogen (secondary N) is 1. The molecule has 0 amide bonds. The van der Waals surface area contributed by atoms with Crippen LogP contribution in [0.5, 0.6) is 0 Å². The summed E-state index contributed by atoms with van der Waals surface area (Å²) in [6, 6.07) is 0. The van der Waals surface area contributed by atoms with Crippen molar-refractivity contribution in [1.82, 2.24) is 0 Å². The van der Waals surface area contributed by atoms with Gasteiger partial charge in [-0.15, -0.1) is 0 Å². The SMILES string of the molecule is C=C/C(C=N)=C/N. The standard InChI is InChI=1S/C5H8N2/c1-2-5(3-6)4-7/h2-4,6H,1,7H2/b5-4-,6-3?. The molecule has 2 nitrogen and oxygen atoms in total. The summed E-state index contributed by atoms with van der Waals surface area (Å²) < 4.78 is 0. The molecule has 0 saturated carbocycles. The molecule has 0 aromatic rings. The molecule has 0 saturated heterocycles. The molecule has 0 atom stereocenters. The van der Waals surface area contributed by atoms with Crippen molar-refractivity contribution in [3.8, 4) is 0 Å². The molecule has 0 spiro atoms. The maximum Gasteiger partial charge on any atom is 0.0264 e. The summed E-state index contributed by atoms with van der Waals surface area (Å²) in [6.45, 7) is 3.40. The van der Waals surface area contributed by atoms with Crippen LogP contribution >= 0.6 is 0 Å². The highest BCUT2D eigenvalue weighted by molar-refractivity contribution is 5.79. The fourth-order valence-electron chi connectivity index (χ4n) is 0.175. The average Bonchev–Trinajstić information content (AvgIpc) is 1.72. The van der Waals surface area contributed by atoms with Crippen molar-refractivity contribution < 1.29 is 0 Å². The summed E-state index contributed by atoms with van der Waals surface area (Å²) >= 11 is 0. The van der Waals surface area contributed by atoms with Gasteiger partial charge >= 0.3 is 0 Å². The van der Waals surface area contributed by atoms with Gasteiger partial charge in [0.25, 0.3) is 0 Å². The van der Waals surface area contributed by atoms with E-state index in [9.17, 15) is 0 Å². The van der Waals surface area contributed by atoms with Gasteiger partial charge < -0.3 is 11.1 Å². The molecule has 3 N–H and O–H groups in total. The van der Waals surface area contributed by atoms with E-state index in [2.05, 4.69) is 6.58 Å². The highest BCUT2D eigenvalue weighted by atomic mass is 14.5. The molecule has 0 bridgehead atoms. The Kier molecular flexibility index (Phi) is 2.68. The Balaban J connectivity index is 3.85. The van der Waals surface area contributed by atoms with Crippen molar-refractivity contribution in [3.63, 3.8) is 0 Å². The van der Waals surface area contributed by atoms with Gasteiger partial charge in [-0.2, -0.15) is 0 Å². The molecule has 0 aromatic carbocycles. The molecule has 38 valence electrons. The van der Waals surface area contributed by atoms with E-state index in [1.54, 1.807) is 0 Å². The van der Waals surface area contributed by atoms with Gasteiger partial charge in [-0.1, -0.05) is 12.7 Å². The van der Waals surface area contributed by atoms with E-state index in [-0.39, 0.29) is 0 Å². The maximum atomic E-state index is 6.62. The van der Waals surface area contributed by atoms with E-state index in [1.807, 2.05) is 0 Å². The molecule has 7 heavy (non-hydrogen) atoms. The molecule has 0 aromatic heterocycles. The molecule has 0 aliphatic rings. The van der Waals surface area contributed by atoms with Crippen LogP contribution < -0.4 is 5.73 Å². The molecule has 0 radical (unpaired) electrons. The van der Waals surface area contributed by atoms with Gasteiger partial charge in [0.15, 0.2) is 0 Å². The van der Waals surface area contributed by atoms with Crippen molar-refractivity contribution in [1.29, 1.82) is 5.41 Å². The van der Waals surface area contributed by atoms with E-state index >= 15 is 0 Å². The van der Waals surface area contributed by atoms with Gasteiger partial charge in [0.1, 0.15) is 0 Å². The Bertz CT molecular complexity index is 92.6. The number of allylic oxidation sites excluding steroid dienone is 2. The quantitative estimate of drug-likeness (QED) is 0.385. The first kappa shape index (κ1) is 5.95. The second-order valence-electron chi connectivity index (χ2n) is 1.02. The molecule has 2 heteroatoms. The Morgan fingerprint density at radius 1 is 1.71 bits per heavy atom. The zero-order valence-corrected chi connectivity index (χ0v) is 4.02. The highest BCUT2D eigenvalue weighted by Gasteiger charge is 1.74. The van der Waals surface area contributed by atoms with Gasteiger partial charge in [-0.3, -0.25) is 0 Å². The zero-order chi connectivity index (χ0) is 5.70. The predicted molar refractivity (Wildman–Crippen MR) is 31.3 cm³/mol. The van der Waals surface area contributed by atoms with Crippen LogP contribution in [0.15, 0.2) is 24.4 Å². The Morgan fingerprint density at radius 2 is 2.29 bits per heavy atom. The molecule has 0 fully saturated rings. The summed E-state index contributed by atoms with van der Waals surface area (Å²) in [5.74, 6) is 0. The van der Waals surface area contributed by atoms with Gasteiger partial charge in [-0.25, -0.2) is 0 Å². The van der Waals surface area contributed by atoms with Gasteiger partial charge in [-0.05, 0) is 0 Å². The lowest BCUT2D eigenvalue weighted by molar-refractivity contribution is 1.51. The summed E-state index contributed by atoms with van der Waals surface area (Å²) in [7, 11) is 0. The lowest BCUT2D eigenvalue weighted by Crippen LogP contribution is -1.84. The van der Waals surface area contributed by atoms with E-state index < -0.39 is 0 Å². The topological polar surface area (TPSA) is 49.9 Å². The normalized spacial score (nSPS) is 10.6. The number of nitrogens with two attached hydrogens (primary N) is 1. The highest BCUT2D eigenvalue weighted by Crippen LogP contribution is 1.82. The van der Waals surface area contributed by atoms with Crippen molar-refractivity contribution in [2.24, 2.45) is 5.73 Å². The van der Waals surface area contributed by atoms with Crippen LogP contribution in [0.2, 0.25) is 0 Å². The van der Waals surface area contributed by atoms with Crippen molar-refractivity contribution in [2.45, 2.75) is 0 Å². The lowest BCUT2D eigenvalue weighted by Gasteiger charge is -1.80. The van der Waals surface area contributed by atoms with Crippen LogP contribution in [0.1, 0.15) is 0 Å². The minimum Gasteiger partial charge on any atom is -0.404 e. The maximum absolute atomic E-state index is 6.62. The van der Waals surface area contributed by atoms with Crippen LogP contribution in [0.25, 0.3) is 0 Å². The second-order valence-corrected chi connectivity index (χ2v) is 1.02. The predicted octanol–water partition coefficient (Wildman–Crippen LogP) is 0.665. The molecule has 0 unspecified atom stereocenters. The van der Waals surface area contributed by atoms with Crippen LogP contribution in [0, 0.1) is 5.41 Å². The summed E-state index contributed by atoms with van der Waals surface area (Å²) in [5.41, 5.74) is 5.65. The summed E-state index contributed by atoms with van der Waals surface area (Å²) in [6.07, 6.45) is 4.00. The third-order valence-corrected chi connectivity index (χ3v) is 0.595. The zero-order valence-electron chi connectivity index (χ0n) is 4.02. The first-order valence-electron chi connectivity index (χ1n) is 1.90. The fraction of sp³-hybridized carbons (Fsp3) is 0. The van der Waals surface area contributed by atoms with E-state index in [1.165, 1.54) is 12.3 Å². The van der Waals surface area contributed by atoms with Gasteiger partial charge in [0.05, 0.1) is 0 Å². The molecular weight excluding hydrogens is 88.1 g/mol. The third-order valence-electron chi connectivity index (χ3n) is 0.595. The molecule has 0 aliphatic carbocycles. The Labute approximate surface area is 42.8 Å². The molecule has 0 aliphatic heterocycles. The third kappa shape index (κ3) is 1.76. The Hall–Kier alpha value is -1.05. The van der Waals surface area contributed by atoms with E-state index in [0.29, 0.717) is 5.57 Å². The van der Waals surface area contributed by atoms with Gasteiger partial charge in [0, 0.05) is 18.0 Å². The van der Waals surface area contributed by atoms with E-state index in [0.717, 1.165) is 6.21 Å². The summed E-state index contributed by atoms with van der Waals surface area (Å²) in [4.78, 5) is 0. The van der Waals surface area contributed by atoms with E-state index in [4.69, 9.17) is 11.1 Å². The molecule has 0 rings (SSSR count). The smallest absolute Gasteiger partial charge is 0.0264 e. The minimum absolute atomic E-state index is 0.639. The van der Waals surface area contributed by atoms with Crippen LogP contribution in [0.3, 0.4) is 0 Å². The molecule has 0 heterocycles.